The van der Waals surface area contributed by atoms with Crippen molar-refractivity contribution in [3.05, 3.63) is 78.8 Å². The first-order valence-corrected chi connectivity index (χ1v) is 10.2. The number of pyridine rings is 2. The lowest BCUT2D eigenvalue weighted by molar-refractivity contribution is -0.130. The largest absolute Gasteiger partial charge is 0.353 e. The number of rotatable bonds is 4. The highest BCUT2D eigenvalue weighted by molar-refractivity contribution is 5.89. The second kappa shape index (κ2) is 7.99. The van der Waals surface area contributed by atoms with Crippen molar-refractivity contribution < 1.29 is 4.79 Å². The summed E-state index contributed by atoms with van der Waals surface area (Å²) in [7, 11) is 0. The molecule has 1 fully saturated rings. The van der Waals surface area contributed by atoms with E-state index in [-0.39, 0.29) is 5.91 Å². The molecule has 0 aliphatic carbocycles. The van der Waals surface area contributed by atoms with Crippen molar-refractivity contribution >= 4 is 22.8 Å². The number of H-pyrrole nitrogens is 1. The van der Waals surface area contributed by atoms with Crippen LogP contribution in [0.5, 0.6) is 0 Å². The smallest absolute Gasteiger partial charge is 0.227 e. The summed E-state index contributed by atoms with van der Waals surface area (Å²) in [5, 5.41) is 1.01. The number of carbonyl (C=O) groups excluding carboxylic acids is 1. The minimum Gasteiger partial charge on any atom is -0.353 e. The maximum atomic E-state index is 13.0. The van der Waals surface area contributed by atoms with Crippen LogP contribution in [0.2, 0.25) is 0 Å². The molecule has 4 heterocycles. The quantitative estimate of drug-likeness (QED) is 0.572. The first-order valence-electron chi connectivity index (χ1n) is 10.2. The van der Waals surface area contributed by atoms with Crippen molar-refractivity contribution in [2.45, 2.75) is 6.42 Å². The maximum Gasteiger partial charge on any atom is 0.227 e. The fourth-order valence-corrected chi connectivity index (χ4v) is 3.99. The van der Waals surface area contributed by atoms with Gasteiger partial charge in [0.05, 0.1) is 6.42 Å². The van der Waals surface area contributed by atoms with E-state index >= 15 is 0 Å². The fourth-order valence-electron chi connectivity index (χ4n) is 3.99. The van der Waals surface area contributed by atoms with Gasteiger partial charge in [0.1, 0.15) is 11.5 Å². The SMILES string of the molecule is O=C(Cc1c[nH]c2ncc(-c3ccccc3)cc12)N1CCN(c2ccccn2)CC1. The Bertz CT molecular complexity index is 1150. The third kappa shape index (κ3) is 3.64. The van der Waals surface area contributed by atoms with E-state index in [1.165, 1.54) is 0 Å². The summed E-state index contributed by atoms with van der Waals surface area (Å²) < 4.78 is 0. The first kappa shape index (κ1) is 18.4. The Hall–Kier alpha value is -3.67. The van der Waals surface area contributed by atoms with E-state index in [0.29, 0.717) is 19.5 Å². The van der Waals surface area contributed by atoms with Crippen molar-refractivity contribution in [1.82, 2.24) is 19.9 Å². The molecule has 1 N–H and O–H groups in total. The molecule has 0 saturated carbocycles. The number of carbonyl (C=O) groups is 1. The summed E-state index contributed by atoms with van der Waals surface area (Å²) >= 11 is 0. The highest BCUT2D eigenvalue weighted by Gasteiger charge is 2.22. The van der Waals surface area contributed by atoms with E-state index in [0.717, 1.165) is 46.6 Å². The van der Waals surface area contributed by atoms with Crippen LogP contribution in [0.25, 0.3) is 22.2 Å². The Morgan fingerprint density at radius 1 is 0.933 bits per heavy atom. The molecule has 0 unspecified atom stereocenters. The van der Waals surface area contributed by atoms with E-state index < -0.39 is 0 Å². The second-order valence-corrected chi connectivity index (χ2v) is 7.53. The molecule has 6 heteroatoms. The van der Waals surface area contributed by atoms with Crippen LogP contribution >= 0.6 is 0 Å². The van der Waals surface area contributed by atoms with Gasteiger partial charge >= 0.3 is 0 Å². The molecule has 0 bridgehead atoms. The van der Waals surface area contributed by atoms with Gasteiger partial charge in [-0.25, -0.2) is 9.97 Å². The Balaban J connectivity index is 1.29. The lowest BCUT2D eigenvalue weighted by atomic mass is 10.0. The number of anilines is 1. The molecule has 6 nitrogen and oxygen atoms in total. The minimum absolute atomic E-state index is 0.154. The van der Waals surface area contributed by atoms with Gasteiger partial charge in [0.2, 0.25) is 5.91 Å². The summed E-state index contributed by atoms with van der Waals surface area (Å²) in [6.07, 6.45) is 5.97. The van der Waals surface area contributed by atoms with Gasteiger partial charge in [-0.2, -0.15) is 0 Å². The van der Waals surface area contributed by atoms with Crippen LogP contribution in [0.1, 0.15) is 5.56 Å². The lowest BCUT2D eigenvalue weighted by Gasteiger charge is -2.35. The Morgan fingerprint density at radius 3 is 2.50 bits per heavy atom. The molecule has 1 aliphatic heterocycles. The Labute approximate surface area is 175 Å². The van der Waals surface area contributed by atoms with Gasteiger partial charge < -0.3 is 14.8 Å². The molecule has 5 rings (SSSR count). The van der Waals surface area contributed by atoms with E-state index in [1.54, 1.807) is 0 Å². The minimum atomic E-state index is 0.154. The summed E-state index contributed by atoms with van der Waals surface area (Å²) in [5.41, 5.74) is 3.99. The fraction of sp³-hybridized carbons (Fsp3) is 0.208. The molecule has 0 radical (unpaired) electrons. The molecular formula is C24H23N5O. The lowest BCUT2D eigenvalue weighted by Crippen LogP contribution is -2.49. The van der Waals surface area contributed by atoms with Crippen molar-refractivity contribution in [2.75, 3.05) is 31.1 Å². The molecule has 1 aliphatic rings. The summed E-state index contributed by atoms with van der Waals surface area (Å²) in [6, 6.07) is 18.2. The zero-order valence-corrected chi connectivity index (χ0v) is 16.7. The van der Waals surface area contributed by atoms with Crippen LogP contribution < -0.4 is 4.90 Å². The number of nitrogens with zero attached hydrogens (tertiary/aromatic N) is 4. The number of nitrogens with one attached hydrogen (secondary N) is 1. The molecule has 3 aromatic heterocycles. The van der Waals surface area contributed by atoms with Crippen molar-refractivity contribution in [2.24, 2.45) is 0 Å². The van der Waals surface area contributed by atoms with Crippen LogP contribution in [0.4, 0.5) is 5.82 Å². The highest BCUT2D eigenvalue weighted by atomic mass is 16.2. The van der Waals surface area contributed by atoms with E-state index in [9.17, 15) is 4.79 Å². The normalized spacial score (nSPS) is 14.3. The van der Waals surface area contributed by atoms with Gasteiger partial charge in [-0.05, 0) is 29.3 Å². The molecule has 1 amide bonds. The van der Waals surface area contributed by atoms with Crippen molar-refractivity contribution in [3.8, 4) is 11.1 Å². The average molecular weight is 397 g/mol. The number of aromatic nitrogens is 3. The van der Waals surface area contributed by atoms with Crippen LogP contribution in [0.3, 0.4) is 0 Å². The molecule has 4 aromatic rings. The summed E-state index contributed by atoms with van der Waals surface area (Å²) in [4.78, 5) is 29.3. The van der Waals surface area contributed by atoms with E-state index in [2.05, 4.69) is 38.1 Å². The highest BCUT2D eigenvalue weighted by Crippen LogP contribution is 2.25. The summed E-state index contributed by atoms with van der Waals surface area (Å²) in [6.45, 7) is 3.03. The van der Waals surface area contributed by atoms with Crippen LogP contribution in [0, 0.1) is 0 Å². The van der Waals surface area contributed by atoms with E-state index in [1.807, 2.05) is 59.9 Å². The third-order valence-corrected chi connectivity index (χ3v) is 5.67. The van der Waals surface area contributed by atoms with Gasteiger partial charge in [0.25, 0.3) is 0 Å². The number of amides is 1. The van der Waals surface area contributed by atoms with Gasteiger partial charge in [-0.15, -0.1) is 0 Å². The first-order chi connectivity index (χ1) is 14.8. The van der Waals surface area contributed by atoms with Gasteiger partial charge in [-0.3, -0.25) is 4.79 Å². The van der Waals surface area contributed by atoms with Crippen molar-refractivity contribution in [3.63, 3.8) is 0 Å². The zero-order chi connectivity index (χ0) is 20.3. The Kier molecular flexibility index (Phi) is 4.89. The number of aromatic amines is 1. The predicted octanol–water partition coefficient (Wildman–Crippen LogP) is 3.52. The molecule has 0 spiro atoms. The maximum absolute atomic E-state index is 13.0. The van der Waals surface area contributed by atoms with E-state index in [4.69, 9.17) is 0 Å². The number of benzene rings is 1. The topological polar surface area (TPSA) is 65.1 Å². The molecule has 1 saturated heterocycles. The van der Waals surface area contributed by atoms with Crippen LogP contribution in [-0.2, 0) is 11.2 Å². The predicted molar refractivity (Wildman–Crippen MR) is 118 cm³/mol. The van der Waals surface area contributed by atoms with Gasteiger partial charge in [-0.1, -0.05) is 36.4 Å². The van der Waals surface area contributed by atoms with Crippen molar-refractivity contribution in [1.29, 1.82) is 0 Å². The zero-order valence-electron chi connectivity index (χ0n) is 16.7. The Morgan fingerprint density at radius 2 is 1.73 bits per heavy atom. The number of piperazine rings is 1. The monoisotopic (exact) mass is 397 g/mol. The number of hydrogen-bond acceptors (Lipinski definition) is 4. The molecular weight excluding hydrogens is 374 g/mol. The second-order valence-electron chi connectivity index (χ2n) is 7.53. The molecule has 0 atom stereocenters. The third-order valence-electron chi connectivity index (χ3n) is 5.67. The number of hydrogen-bond donors (Lipinski definition) is 1. The molecule has 30 heavy (non-hydrogen) atoms. The average Bonchev–Trinajstić information content (AvgIpc) is 3.22. The van der Waals surface area contributed by atoms with Gasteiger partial charge in [0.15, 0.2) is 0 Å². The molecule has 1 aromatic carbocycles. The van der Waals surface area contributed by atoms with Gasteiger partial charge in [0, 0.05) is 55.7 Å². The number of fused-ring (bicyclic) bond motifs is 1. The molecule has 150 valence electrons. The van der Waals surface area contributed by atoms with Crippen LogP contribution in [0.15, 0.2) is 73.2 Å². The van der Waals surface area contributed by atoms with Crippen LogP contribution in [-0.4, -0.2) is 51.9 Å². The summed E-state index contributed by atoms with van der Waals surface area (Å²) in [5.74, 6) is 1.13. The standard InChI is InChI=1S/C24H23N5O/c30-23(29-12-10-28(11-13-29)22-8-4-5-9-25-22)15-20-17-27-24-21(20)14-19(16-26-24)18-6-2-1-3-7-18/h1-9,14,16-17H,10-13,15H2,(H,26,27).